The van der Waals surface area contributed by atoms with Gasteiger partial charge in [0.05, 0.1) is 17.7 Å². The van der Waals surface area contributed by atoms with E-state index in [0.717, 1.165) is 24.0 Å². The number of hydrogen-bond acceptors (Lipinski definition) is 5. The van der Waals surface area contributed by atoms with Gasteiger partial charge in [-0.25, -0.2) is 14.6 Å². The van der Waals surface area contributed by atoms with Crippen LogP contribution in [-0.2, 0) is 15.6 Å². The van der Waals surface area contributed by atoms with Crippen LogP contribution in [0.15, 0.2) is 42.6 Å². The number of carbonyl (C=O) groups excluding carboxylic acids is 1. The average molecular weight is 561 g/mol. The molecule has 1 aliphatic heterocycles. The van der Waals surface area contributed by atoms with Crippen molar-refractivity contribution >= 4 is 32.0 Å². The quantitative estimate of drug-likeness (QED) is 0.278. The van der Waals surface area contributed by atoms with Gasteiger partial charge in [0.1, 0.15) is 10.8 Å². The van der Waals surface area contributed by atoms with Crippen LogP contribution in [0.2, 0.25) is 23.3 Å². The van der Waals surface area contributed by atoms with Crippen LogP contribution in [0.4, 0.5) is 4.79 Å². The Morgan fingerprint density at radius 2 is 1.71 bits per heavy atom. The summed E-state index contributed by atoms with van der Waals surface area (Å²) in [6.07, 6.45) is 3.06. The van der Waals surface area contributed by atoms with Gasteiger partial charge in [0.15, 0.2) is 8.32 Å². The molecule has 0 spiro atoms. The molecule has 208 valence electrons. The molecule has 1 aromatic heterocycles. The van der Waals surface area contributed by atoms with Crippen LogP contribution in [0.25, 0.3) is 0 Å². The van der Waals surface area contributed by atoms with Crippen LogP contribution < -0.4 is 0 Å². The Labute approximate surface area is 232 Å². The highest BCUT2D eigenvalue weighted by molar-refractivity contribution is 6.74. The van der Waals surface area contributed by atoms with E-state index in [1.807, 2.05) is 43.9 Å². The molecule has 1 N–H and O–H groups in total. The molecule has 1 aliphatic rings. The fourth-order valence-corrected chi connectivity index (χ4v) is 5.88. The van der Waals surface area contributed by atoms with Gasteiger partial charge in [-0.3, -0.25) is 4.90 Å². The van der Waals surface area contributed by atoms with Gasteiger partial charge in [0.2, 0.25) is 0 Å². The Balaban J connectivity index is 2.01. The van der Waals surface area contributed by atoms with Crippen LogP contribution in [0, 0.1) is 0 Å². The lowest BCUT2D eigenvalue weighted by atomic mass is 10.0. The first kappa shape index (κ1) is 30.1. The summed E-state index contributed by atoms with van der Waals surface area (Å²) < 4.78 is 12.9. The number of hydrogen-bond donors (Lipinski definition) is 1. The zero-order chi connectivity index (χ0) is 28.5. The molecule has 9 heteroatoms. The van der Waals surface area contributed by atoms with E-state index in [1.54, 1.807) is 24.4 Å². The zero-order valence-corrected chi connectivity index (χ0v) is 25.5. The summed E-state index contributed by atoms with van der Waals surface area (Å²) in [5, 5.41) is 9.63. The third kappa shape index (κ3) is 7.36. The molecule has 0 bridgehead atoms. The largest absolute Gasteiger partial charge is 0.478 e. The number of pyridine rings is 1. The third-order valence-electron chi connectivity index (χ3n) is 7.48. The molecule has 2 aromatic rings. The van der Waals surface area contributed by atoms with Gasteiger partial charge >= 0.3 is 12.1 Å². The van der Waals surface area contributed by atoms with Gasteiger partial charge in [0, 0.05) is 17.8 Å². The first-order valence-corrected chi connectivity index (χ1v) is 16.4. The lowest BCUT2D eigenvalue weighted by molar-refractivity contribution is -0.00244. The zero-order valence-electron chi connectivity index (χ0n) is 23.7. The van der Waals surface area contributed by atoms with Gasteiger partial charge in [-0.1, -0.05) is 50.6 Å². The van der Waals surface area contributed by atoms with Gasteiger partial charge in [-0.15, -0.1) is 0 Å². The summed E-state index contributed by atoms with van der Waals surface area (Å²) in [6, 6.07) is 10.1. The number of carboxylic acid groups (broad SMARTS) is 1. The van der Waals surface area contributed by atoms with Crippen LogP contribution in [0.3, 0.4) is 0 Å². The van der Waals surface area contributed by atoms with Crippen LogP contribution in [0.5, 0.6) is 0 Å². The van der Waals surface area contributed by atoms with Gasteiger partial charge in [0.25, 0.3) is 0 Å². The van der Waals surface area contributed by atoms with Crippen molar-refractivity contribution in [1.82, 2.24) is 9.88 Å². The second-order valence-corrected chi connectivity index (χ2v) is 17.7. The molecule has 2 heterocycles. The van der Waals surface area contributed by atoms with Crippen molar-refractivity contribution in [3.05, 3.63) is 64.4 Å². The maximum Gasteiger partial charge on any atom is 0.410 e. The number of likely N-dealkylation sites (tertiary alicyclic amines) is 1. The standard InChI is InChI=1S/C29H41ClN2O5Si/c1-28(2,3)36-27(35)32-22(17-19-9-11-20(12-10-19)26(33)34)14-15-23(32)25(21-13-16-24(30)31-18-21)37-38(7,8)29(4,5)6/h9-13,16,18,22-23,25H,14-15,17H2,1-8H3,(H,33,34)/t22-,23+,25?/m0/s1. The molecule has 3 rings (SSSR count). The highest BCUT2D eigenvalue weighted by Crippen LogP contribution is 2.44. The topological polar surface area (TPSA) is 89.0 Å². The molecular formula is C29H41ClN2O5Si. The molecule has 1 aromatic carbocycles. The first-order valence-electron chi connectivity index (χ1n) is 13.1. The average Bonchev–Trinajstić information content (AvgIpc) is 3.20. The fourth-order valence-electron chi connectivity index (χ4n) is 4.48. The molecule has 1 saturated heterocycles. The van der Waals surface area contributed by atoms with Crippen molar-refractivity contribution in [3.63, 3.8) is 0 Å². The second kappa shape index (κ2) is 11.4. The van der Waals surface area contributed by atoms with Crippen molar-refractivity contribution in [2.75, 3.05) is 0 Å². The molecule has 1 fully saturated rings. The molecule has 7 nitrogen and oxygen atoms in total. The summed E-state index contributed by atoms with van der Waals surface area (Å²) in [5.41, 5.74) is 1.42. The summed E-state index contributed by atoms with van der Waals surface area (Å²) in [5.74, 6) is -0.963. The number of halogens is 1. The van der Waals surface area contributed by atoms with E-state index in [1.165, 1.54) is 0 Å². The van der Waals surface area contributed by atoms with Crippen LogP contribution in [-0.4, -0.2) is 53.1 Å². The summed E-state index contributed by atoms with van der Waals surface area (Å²) in [4.78, 5) is 31.2. The minimum absolute atomic E-state index is 0.0360. The number of carbonyl (C=O) groups is 2. The Bertz CT molecular complexity index is 1120. The number of benzene rings is 1. The van der Waals surface area contributed by atoms with Gasteiger partial charge in [-0.2, -0.15) is 0 Å². The summed E-state index contributed by atoms with van der Waals surface area (Å²) >= 11 is 6.11. The van der Waals surface area contributed by atoms with Gasteiger partial charge < -0.3 is 14.3 Å². The predicted octanol–water partition coefficient (Wildman–Crippen LogP) is 7.51. The molecule has 1 unspecified atom stereocenters. The van der Waals surface area contributed by atoms with Crippen molar-refractivity contribution in [2.45, 2.75) is 103 Å². The normalized spacial score (nSPS) is 19.3. The predicted molar refractivity (Wildman–Crippen MR) is 152 cm³/mol. The molecule has 1 amide bonds. The van der Waals surface area contributed by atoms with E-state index < -0.39 is 26.0 Å². The van der Waals surface area contributed by atoms with E-state index in [0.29, 0.717) is 11.6 Å². The number of aromatic nitrogens is 1. The number of nitrogens with zero attached hydrogens (tertiary/aromatic N) is 2. The molecule has 0 aliphatic carbocycles. The molecule has 38 heavy (non-hydrogen) atoms. The van der Waals surface area contributed by atoms with Crippen molar-refractivity contribution in [1.29, 1.82) is 0 Å². The maximum absolute atomic E-state index is 13.7. The van der Waals surface area contributed by atoms with Crippen molar-refractivity contribution < 1.29 is 23.9 Å². The molecule has 0 saturated carbocycles. The third-order valence-corrected chi connectivity index (χ3v) is 12.2. The minimum Gasteiger partial charge on any atom is -0.478 e. The van der Waals surface area contributed by atoms with E-state index in [-0.39, 0.29) is 28.8 Å². The number of aromatic carboxylic acids is 1. The minimum atomic E-state index is -2.25. The monoisotopic (exact) mass is 560 g/mol. The fraction of sp³-hybridized carbons (Fsp3) is 0.552. The molecule has 0 radical (unpaired) electrons. The van der Waals surface area contributed by atoms with Crippen LogP contribution >= 0.6 is 11.6 Å². The van der Waals surface area contributed by atoms with E-state index in [2.05, 4.69) is 38.8 Å². The summed E-state index contributed by atoms with van der Waals surface area (Å²) in [6.45, 7) is 16.6. The first-order chi connectivity index (χ1) is 17.5. The Hall–Kier alpha value is -2.42. The smallest absolute Gasteiger partial charge is 0.410 e. The highest BCUT2D eigenvalue weighted by Gasteiger charge is 2.47. The Morgan fingerprint density at radius 3 is 2.21 bits per heavy atom. The van der Waals surface area contributed by atoms with Crippen LogP contribution in [0.1, 0.15) is 82.0 Å². The second-order valence-electron chi connectivity index (χ2n) is 12.6. The van der Waals surface area contributed by atoms with E-state index >= 15 is 0 Å². The number of ether oxygens (including phenoxy) is 1. The number of rotatable bonds is 7. The lowest BCUT2D eigenvalue weighted by Gasteiger charge is -2.43. The summed E-state index contributed by atoms with van der Waals surface area (Å²) in [7, 11) is -2.25. The number of amides is 1. The molecule has 3 atom stereocenters. The maximum atomic E-state index is 13.7. The molecular weight excluding hydrogens is 520 g/mol. The van der Waals surface area contributed by atoms with E-state index in [9.17, 15) is 14.7 Å². The SMILES string of the molecule is CC(C)(C)OC(=O)N1[C@H](Cc2ccc(C(=O)O)cc2)CC[C@@H]1C(O[Si](C)(C)C(C)(C)C)c1ccc(Cl)nc1. The van der Waals surface area contributed by atoms with Crippen molar-refractivity contribution in [3.8, 4) is 0 Å². The Kier molecular flexibility index (Phi) is 9.01. The van der Waals surface area contributed by atoms with Crippen molar-refractivity contribution in [2.24, 2.45) is 0 Å². The lowest BCUT2D eigenvalue weighted by Crippen LogP contribution is -2.50. The van der Waals surface area contributed by atoms with Gasteiger partial charge in [-0.05, 0) is 81.9 Å². The highest BCUT2D eigenvalue weighted by atomic mass is 35.5. The Morgan fingerprint density at radius 1 is 1.08 bits per heavy atom. The number of carboxylic acids is 1. The van der Waals surface area contributed by atoms with E-state index in [4.69, 9.17) is 20.8 Å².